The van der Waals surface area contributed by atoms with Crippen LogP contribution < -0.4 is 10.6 Å². The van der Waals surface area contributed by atoms with Crippen molar-refractivity contribution in [3.63, 3.8) is 0 Å². The summed E-state index contributed by atoms with van der Waals surface area (Å²) in [7, 11) is 0. The number of nitrogens with one attached hydrogen (secondary N) is 2. The molecule has 0 aromatic heterocycles. The Morgan fingerprint density at radius 2 is 1.74 bits per heavy atom. The maximum absolute atomic E-state index is 14.1. The fraction of sp³-hybridized carbons (Fsp3) is 0.448. The summed E-state index contributed by atoms with van der Waals surface area (Å²) in [5.74, 6) is -3.83. The van der Waals surface area contributed by atoms with Crippen LogP contribution >= 0.6 is 23.2 Å². The number of carbonyl (C=O) groups is 4. The molecule has 0 bridgehead atoms. The van der Waals surface area contributed by atoms with Gasteiger partial charge in [0.2, 0.25) is 17.6 Å². The molecule has 8 nitrogen and oxygen atoms in total. The summed E-state index contributed by atoms with van der Waals surface area (Å²) in [6.45, 7) is -0.0582. The van der Waals surface area contributed by atoms with Crippen LogP contribution in [0.15, 0.2) is 53.4 Å². The van der Waals surface area contributed by atoms with Crippen molar-refractivity contribution in [1.82, 2.24) is 15.5 Å². The summed E-state index contributed by atoms with van der Waals surface area (Å²) in [4.78, 5) is 54.4. The summed E-state index contributed by atoms with van der Waals surface area (Å²) >= 11 is 10.6. The van der Waals surface area contributed by atoms with E-state index in [9.17, 15) is 36.9 Å². The lowest BCUT2D eigenvalue weighted by Gasteiger charge is -2.29. The molecule has 1 unspecified atom stereocenters. The lowest BCUT2D eigenvalue weighted by atomic mass is 9.94. The van der Waals surface area contributed by atoms with Gasteiger partial charge < -0.3 is 20.1 Å². The fourth-order valence-corrected chi connectivity index (χ4v) is 7.23. The Morgan fingerprint density at radius 3 is 2.33 bits per heavy atom. The van der Waals surface area contributed by atoms with Gasteiger partial charge in [-0.2, -0.15) is 13.2 Å². The number of nitrogens with zero attached hydrogens (tertiary/aromatic N) is 1. The highest BCUT2D eigenvalue weighted by atomic mass is 35.5. The highest BCUT2D eigenvalue weighted by Crippen LogP contribution is 2.51. The summed E-state index contributed by atoms with van der Waals surface area (Å²) in [5.41, 5.74) is -0.183. The predicted octanol–water partition coefficient (Wildman–Crippen LogP) is 4.33. The minimum Gasteiger partial charge on any atom is -0.611 e. The van der Waals surface area contributed by atoms with Crippen LogP contribution in [0, 0.1) is 0 Å². The molecule has 2 aromatic carbocycles. The minimum atomic E-state index is -4.72. The first-order valence-electron chi connectivity index (χ1n) is 13.7. The molecule has 232 valence electrons. The maximum Gasteiger partial charge on any atom is 0.405 e. The molecular formula is C29H30Cl2F3N3O5S. The number of likely N-dealkylation sites (tertiary alicyclic amines) is 1. The van der Waals surface area contributed by atoms with E-state index in [1.807, 2.05) is 0 Å². The van der Waals surface area contributed by atoms with E-state index in [4.69, 9.17) is 23.2 Å². The molecule has 1 saturated carbocycles. The molecule has 1 aliphatic carbocycles. The topological polar surface area (TPSA) is 119 Å². The van der Waals surface area contributed by atoms with Crippen molar-refractivity contribution >= 4 is 57.9 Å². The van der Waals surface area contributed by atoms with E-state index in [0.29, 0.717) is 29.2 Å². The first-order chi connectivity index (χ1) is 20.3. The van der Waals surface area contributed by atoms with Crippen molar-refractivity contribution in [2.45, 2.75) is 72.8 Å². The Balaban J connectivity index is 1.59. The van der Waals surface area contributed by atoms with Gasteiger partial charge in [-0.3, -0.25) is 19.2 Å². The average Bonchev–Trinajstić information content (AvgIpc) is 3.65. The Kier molecular flexibility index (Phi) is 10.4. The van der Waals surface area contributed by atoms with E-state index < -0.39 is 64.2 Å². The quantitative estimate of drug-likeness (QED) is 0.275. The molecule has 3 amide bonds. The van der Waals surface area contributed by atoms with Gasteiger partial charge in [0.15, 0.2) is 4.90 Å². The Hall–Kier alpha value is -2.80. The van der Waals surface area contributed by atoms with Crippen LogP contribution in [0.5, 0.6) is 0 Å². The summed E-state index contributed by atoms with van der Waals surface area (Å²) < 4.78 is 51.3. The number of alkyl halides is 3. The molecule has 1 heterocycles. The zero-order valence-electron chi connectivity index (χ0n) is 23.1. The number of ketones is 1. The normalized spacial score (nSPS) is 20.7. The molecule has 2 N–H and O–H groups in total. The van der Waals surface area contributed by atoms with Crippen molar-refractivity contribution in [3.05, 3.63) is 64.1 Å². The molecule has 1 aliphatic heterocycles. The third-order valence-electron chi connectivity index (χ3n) is 7.62. The monoisotopic (exact) mass is 659 g/mol. The molecule has 2 fully saturated rings. The zero-order valence-corrected chi connectivity index (χ0v) is 25.4. The number of hydrogen-bond acceptors (Lipinski definition) is 5. The van der Waals surface area contributed by atoms with E-state index >= 15 is 0 Å². The van der Waals surface area contributed by atoms with Gasteiger partial charge in [0.05, 0.1) is 23.0 Å². The van der Waals surface area contributed by atoms with Gasteiger partial charge >= 0.3 is 6.18 Å². The Labute approximate surface area is 259 Å². The van der Waals surface area contributed by atoms with E-state index in [-0.39, 0.29) is 30.3 Å². The Morgan fingerprint density at radius 1 is 1.09 bits per heavy atom. The largest absolute Gasteiger partial charge is 0.611 e. The van der Waals surface area contributed by atoms with Gasteiger partial charge in [0, 0.05) is 11.4 Å². The molecule has 0 radical (unpaired) electrons. The van der Waals surface area contributed by atoms with E-state index in [2.05, 4.69) is 5.32 Å². The lowest BCUT2D eigenvalue weighted by Crippen LogP contribution is -2.54. The molecule has 2 aliphatic rings. The second-order valence-electron chi connectivity index (χ2n) is 10.7. The smallest absolute Gasteiger partial charge is 0.405 e. The SMILES string of the molecule is CCC[C@H](NC(=O)[C@@H]1C[C@@H]([S+]([O-])c2ccccc2Cl)CN1C(=O)C1(c2ccc(Cl)cc2)CC1)C(=O)C(=O)NCC(F)(F)F. The molecular weight excluding hydrogens is 630 g/mol. The van der Waals surface area contributed by atoms with Crippen LogP contribution in [-0.4, -0.2) is 69.6 Å². The van der Waals surface area contributed by atoms with E-state index in [1.54, 1.807) is 55.5 Å². The molecule has 1 saturated heterocycles. The third-order valence-corrected chi connectivity index (χ3v) is 10.1. The van der Waals surface area contributed by atoms with Gasteiger partial charge in [-0.1, -0.05) is 60.8 Å². The van der Waals surface area contributed by atoms with Gasteiger partial charge in [-0.05, 0) is 60.3 Å². The van der Waals surface area contributed by atoms with Gasteiger partial charge in [-0.25, -0.2) is 0 Å². The average molecular weight is 661 g/mol. The van der Waals surface area contributed by atoms with Crippen LogP contribution in [0.25, 0.3) is 0 Å². The maximum atomic E-state index is 14.1. The fourth-order valence-electron chi connectivity index (χ4n) is 5.26. The second-order valence-corrected chi connectivity index (χ2v) is 13.2. The van der Waals surface area contributed by atoms with Gasteiger partial charge in [0.25, 0.3) is 5.91 Å². The molecule has 4 rings (SSSR count). The first kappa shape index (κ1) is 33.1. The number of rotatable bonds is 11. The van der Waals surface area contributed by atoms with Crippen molar-refractivity contribution in [1.29, 1.82) is 0 Å². The molecule has 0 spiro atoms. The number of benzene rings is 2. The number of carbonyl (C=O) groups excluding carboxylic acids is 4. The summed E-state index contributed by atoms with van der Waals surface area (Å²) in [5, 5.41) is 4.10. The lowest BCUT2D eigenvalue weighted by molar-refractivity contribution is -0.147. The molecule has 14 heteroatoms. The van der Waals surface area contributed by atoms with Crippen LogP contribution in [0.4, 0.5) is 13.2 Å². The number of halogens is 5. The van der Waals surface area contributed by atoms with Crippen LogP contribution in [-0.2, 0) is 35.8 Å². The number of amides is 3. The highest BCUT2D eigenvalue weighted by Gasteiger charge is 2.57. The van der Waals surface area contributed by atoms with Gasteiger partial charge in [0.1, 0.15) is 17.8 Å². The van der Waals surface area contributed by atoms with Crippen molar-refractivity contribution < 1.29 is 36.9 Å². The van der Waals surface area contributed by atoms with Crippen molar-refractivity contribution in [2.75, 3.05) is 13.1 Å². The zero-order chi connectivity index (χ0) is 31.5. The Bertz CT molecular complexity index is 1370. The van der Waals surface area contributed by atoms with Crippen molar-refractivity contribution in [3.8, 4) is 0 Å². The predicted molar refractivity (Wildman–Crippen MR) is 155 cm³/mol. The molecule has 43 heavy (non-hydrogen) atoms. The third kappa shape index (κ3) is 7.65. The summed E-state index contributed by atoms with van der Waals surface area (Å²) in [6, 6.07) is 10.8. The molecule has 2 aromatic rings. The van der Waals surface area contributed by atoms with Gasteiger partial charge in [-0.15, -0.1) is 0 Å². The molecule has 4 atom stereocenters. The summed E-state index contributed by atoms with van der Waals surface area (Å²) in [6.07, 6.45) is -3.40. The van der Waals surface area contributed by atoms with E-state index in [1.165, 1.54) is 10.2 Å². The van der Waals surface area contributed by atoms with Crippen LogP contribution in [0.3, 0.4) is 0 Å². The second kappa shape index (κ2) is 13.5. The van der Waals surface area contributed by atoms with Crippen LogP contribution in [0.1, 0.15) is 44.6 Å². The number of hydrogen-bond donors (Lipinski definition) is 2. The first-order valence-corrected chi connectivity index (χ1v) is 15.7. The van der Waals surface area contributed by atoms with E-state index in [0.717, 1.165) is 5.56 Å². The highest BCUT2D eigenvalue weighted by molar-refractivity contribution is 7.92. The van der Waals surface area contributed by atoms with Crippen LogP contribution in [0.2, 0.25) is 10.0 Å². The standard InChI is InChI=1S/C29H30Cl2F3N3O5S/c1-2-5-21(24(38)26(40)35-16-29(32,33)34)36-25(39)22-14-19(43(42)23-7-4-3-6-20(23)31)15-37(22)27(41)28(12-13-28)17-8-10-18(30)11-9-17/h3-4,6-11,19,21-22H,2,5,12-16H2,1H3,(H,35,40)(H,36,39)/t19-,21+,22+,43?/m1/s1. The van der Waals surface area contributed by atoms with Crippen molar-refractivity contribution in [2.24, 2.45) is 0 Å². The minimum absolute atomic E-state index is 0.0195. The number of Topliss-reactive ketones (excluding diaryl/α,β-unsaturated/α-hetero) is 1.